The molecule has 1 fully saturated rings. The van der Waals surface area contributed by atoms with Crippen LogP contribution >= 0.6 is 11.8 Å². The van der Waals surface area contributed by atoms with E-state index in [1.54, 1.807) is 0 Å². The van der Waals surface area contributed by atoms with Crippen LogP contribution in [0.5, 0.6) is 0 Å². The van der Waals surface area contributed by atoms with Crippen molar-refractivity contribution in [2.75, 3.05) is 5.75 Å². The van der Waals surface area contributed by atoms with E-state index >= 15 is 0 Å². The van der Waals surface area contributed by atoms with Crippen LogP contribution in [-0.4, -0.2) is 43.4 Å². The quantitative estimate of drug-likeness (QED) is 0.707. The van der Waals surface area contributed by atoms with Gasteiger partial charge in [0.05, 0.1) is 5.75 Å². The maximum atomic E-state index is 12.6. The number of benzene rings is 1. The normalized spacial score (nSPS) is 14.1. The third kappa shape index (κ3) is 3.89. The smallest absolute Gasteiger partial charge is 0.233 e. The van der Waals surface area contributed by atoms with Crippen LogP contribution in [0.25, 0.3) is 11.4 Å². The molecule has 1 amide bonds. The van der Waals surface area contributed by atoms with Gasteiger partial charge in [0.15, 0.2) is 11.0 Å². The molecule has 1 heterocycles. The second-order valence-corrected chi connectivity index (χ2v) is 7.72. The minimum atomic E-state index is 0.200. The second kappa shape index (κ2) is 7.60. The maximum absolute atomic E-state index is 12.6. The lowest BCUT2D eigenvalue weighted by molar-refractivity contribution is -0.130. The summed E-state index contributed by atoms with van der Waals surface area (Å²) in [6.45, 7) is 9.12. The zero-order valence-electron chi connectivity index (χ0n) is 15.4. The van der Waals surface area contributed by atoms with E-state index in [0.29, 0.717) is 11.8 Å². The molecular formula is C19H26N4OS. The van der Waals surface area contributed by atoms with E-state index in [0.717, 1.165) is 35.9 Å². The van der Waals surface area contributed by atoms with Crippen LogP contribution in [0.15, 0.2) is 29.4 Å². The average molecular weight is 359 g/mol. The van der Waals surface area contributed by atoms with Crippen molar-refractivity contribution in [1.29, 1.82) is 0 Å². The Kier molecular flexibility index (Phi) is 5.47. The molecule has 2 aromatic rings. The highest BCUT2D eigenvalue weighted by molar-refractivity contribution is 7.99. The molecule has 134 valence electrons. The molecule has 3 rings (SSSR count). The summed E-state index contributed by atoms with van der Waals surface area (Å²) in [5.74, 6) is 1.49. The number of thioether (sulfide) groups is 1. The van der Waals surface area contributed by atoms with Crippen molar-refractivity contribution in [1.82, 2.24) is 19.7 Å². The summed E-state index contributed by atoms with van der Waals surface area (Å²) in [5, 5.41) is 9.55. The molecular weight excluding hydrogens is 332 g/mol. The van der Waals surface area contributed by atoms with Gasteiger partial charge in [-0.2, -0.15) is 0 Å². The predicted octanol–water partition coefficient (Wildman–Crippen LogP) is 3.76. The van der Waals surface area contributed by atoms with Gasteiger partial charge in [0.25, 0.3) is 0 Å². The molecule has 1 aliphatic rings. The van der Waals surface area contributed by atoms with Crippen LogP contribution in [0.1, 0.15) is 39.2 Å². The van der Waals surface area contributed by atoms with Gasteiger partial charge in [-0.1, -0.05) is 36.0 Å². The summed E-state index contributed by atoms with van der Waals surface area (Å²) in [6, 6.07) is 8.89. The lowest BCUT2D eigenvalue weighted by Gasteiger charge is -2.26. The Morgan fingerprint density at radius 3 is 2.64 bits per heavy atom. The minimum absolute atomic E-state index is 0.200. The van der Waals surface area contributed by atoms with Crippen molar-refractivity contribution in [3.63, 3.8) is 0 Å². The van der Waals surface area contributed by atoms with Gasteiger partial charge >= 0.3 is 0 Å². The Balaban J connectivity index is 1.75. The highest BCUT2D eigenvalue weighted by Crippen LogP contribution is 2.30. The zero-order chi connectivity index (χ0) is 18.0. The fourth-order valence-corrected chi connectivity index (χ4v) is 4.04. The first-order valence-corrected chi connectivity index (χ1v) is 9.94. The number of carbonyl (C=O) groups is 1. The molecule has 0 N–H and O–H groups in total. The van der Waals surface area contributed by atoms with Crippen LogP contribution in [0, 0.1) is 6.92 Å². The summed E-state index contributed by atoms with van der Waals surface area (Å²) in [4.78, 5) is 14.6. The van der Waals surface area contributed by atoms with E-state index in [2.05, 4.69) is 54.6 Å². The molecule has 1 aromatic carbocycles. The Hall–Kier alpha value is -1.82. The molecule has 0 unspecified atom stereocenters. The lowest BCUT2D eigenvalue weighted by atomic mass is 10.1. The fraction of sp³-hybridized carbons (Fsp3) is 0.526. The number of hydrogen-bond donors (Lipinski definition) is 0. The Morgan fingerprint density at radius 1 is 1.32 bits per heavy atom. The molecule has 1 aromatic heterocycles. The SMILES string of the molecule is CCn1c(SCC(=O)N(C(C)C)C2CC2)nnc1-c1ccccc1C. The summed E-state index contributed by atoms with van der Waals surface area (Å²) in [5.41, 5.74) is 2.27. The van der Waals surface area contributed by atoms with Crippen molar-refractivity contribution in [3.05, 3.63) is 29.8 Å². The van der Waals surface area contributed by atoms with Gasteiger partial charge in [0.1, 0.15) is 0 Å². The van der Waals surface area contributed by atoms with Gasteiger partial charge in [-0.25, -0.2) is 0 Å². The number of nitrogens with zero attached hydrogens (tertiary/aromatic N) is 4. The van der Waals surface area contributed by atoms with Gasteiger partial charge in [-0.05, 0) is 46.1 Å². The van der Waals surface area contributed by atoms with Crippen molar-refractivity contribution in [2.24, 2.45) is 0 Å². The van der Waals surface area contributed by atoms with E-state index in [1.807, 2.05) is 17.0 Å². The predicted molar refractivity (Wildman–Crippen MR) is 102 cm³/mol. The van der Waals surface area contributed by atoms with Gasteiger partial charge < -0.3 is 9.47 Å². The molecule has 1 saturated carbocycles. The minimum Gasteiger partial charge on any atom is -0.337 e. The van der Waals surface area contributed by atoms with Gasteiger partial charge in [0, 0.05) is 24.2 Å². The highest BCUT2D eigenvalue weighted by Gasteiger charge is 2.34. The van der Waals surface area contributed by atoms with Crippen molar-refractivity contribution in [3.8, 4) is 11.4 Å². The van der Waals surface area contributed by atoms with Crippen molar-refractivity contribution >= 4 is 17.7 Å². The molecule has 5 nitrogen and oxygen atoms in total. The third-order valence-electron chi connectivity index (χ3n) is 4.53. The Labute approximate surface area is 153 Å². The Morgan fingerprint density at radius 2 is 2.04 bits per heavy atom. The largest absolute Gasteiger partial charge is 0.337 e. The monoisotopic (exact) mass is 358 g/mol. The topological polar surface area (TPSA) is 51.0 Å². The van der Waals surface area contributed by atoms with E-state index in [-0.39, 0.29) is 11.9 Å². The first kappa shape index (κ1) is 18.0. The zero-order valence-corrected chi connectivity index (χ0v) is 16.2. The number of aryl methyl sites for hydroxylation is 1. The first-order chi connectivity index (χ1) is 12.0. The summed E-state index contributed by atoms with van der Waals surface area (Å²) >= 11 is 1.49. The molecule has 1 aliphatic carbocycles. The summed E-state index contributed by atoms with van der Waals surface area (Å²) in [6.07, 6.45) is 2.27. The van der Waals surface area contributed by atoms with E-state index in [9.17, 15) is 4.79 Å². The summed E-state index contributed by atoms with van der Waals surface area (Å²) in [7, 11) is 0. The average Bonchev–Trinajstić information content (AvgIpc) is 3.32. The van der Waals surface area contributed by atoms with Gasteiger partial charge in [-0.3, -0.25) is 4.79 Å². The molecule has 0 radical (unpaired) electrons. The van der Waals surface area contributed by atoms with Crippen LogP contribution < -0.4 is 0 Å². The molecule has 0 spiro atoms. The summed E-state index contributed by atoms with van der Waals surface area (Å²) < 4.78 is 2.09. The molecule has 6 heteroatoms. The molecule has 0 saturated heterocycles. The lowest BCUT2D eigenvalue weighted by Crippen LogP contribution is -2.39. The van der Waals surface area contributed by atoms with Crippen LogP contribution in [0.3, 0.4) is 0 Å². The second-order valence-electron chi connectivity index (χ2n) is 6.78. The van der Waals surface area contributed by atoms with Crippen LogP contribution in [0.4, 0.5) is 0 Å². The molecule has 0 aliphatic heterocycles. The number of carbonyl (C=O) groups excluding carboxylic acids is 1. The van der Waals surface area contributed by atoms with E-state index in [4.69, 9.17) is 0 Å². The number of rotatable bonds is 7. The van der Waals surface area contributed by atoms with E-state index in [1.165, 1.54) is 17.3 Å². The van der Waals surface area contributed by atoms with Crippen LogP contribution in [-0.2, 0) is 11.3 Å². The standard InChI is InChI=1S/C19H26N4OS/c1-5-22-18(16-9-7-6-8-14(16)4)20-21-19(22)25-12-17(24)23(13(2)3)15-10-11-15/h6-9,13,15H,5,10-12H2,1-4H3. The molecule has 25 heavy (non-hydrogen) atoms. The number of aromatic nitrogens is 3. The van der Waals surface area contributed by atoms with Crippen LogP contribution in [0.2, 0.25) is 0 Å². The third-order valence-corrected chi connectivity index (χ3v) is 5.48. The number of hydrogen-bond acceptors (Lipinski definition) is 4. The van der Waals surface area contributed by atoms with Crippen molar-refractivity contribution < 1.29 is 4.79 Å². The Bertz CT molecular complexity index is 750. The van der Waals surface area contributed by atoms with Gasteiger partial charge in [-0.15, -0.1) is 10.2 Å². The fourth-order valence-electron chi connectivity index (χ4n) is 3.17. The maximum Gasteiger partial charge on any atom is 0.233 e. The van der Waals surface area contributed by atoms with Gasteiger partial charge in [0.2, 0.25) is 5.91 Å². The van der Waals surface area contributed by atoms with Crippen molar-refractivity contribution in [2.45, 2.75) is 64.3 Å². The molecule has 0 bridgehead atoms. The number of amides is 1. The molecule has 0 atom stereocenters. The van der Waals surface area contributed by atoms with E-state index < -0.39 is 0 Å². The highest BCUT2D eigenvalue weighted by atomic mass is 32.2. The first-order valence-electron chi connectivity index (χ1n) is 8.96.